The molecule has 0 amide bonds. The fourth-order valence-electron chi connectivity index (χ4n) is 2.25. The van der Waals surface area contributed by atoms with Gasteiger partial charge in [-0.05, 0) is 22.8 Å². The Hall–Kier alpha value is -1.38. The normalized spacial score (nSPS) is 16.7. The molecule has 17 heavy (non-hydrogen) atoms. The van der Waals surface area contributed by atoms with Crippen LogP contribution in [0.3, 0.4) is 0 Å². The zero-order valence-electron chi connectivity index (χ0n) is 9.76. The molecule has 1 aliphatic rings. The summed E-state index contributed by atoms with van der Waals surface area (Å²) < 4.78 is 10.9. The first-order valence-electron chi connectivity index (χ1n) is 6.13. The maximum atomic E-state index is 5.44. The number of benzene rings is 2. The topological polar surface area (TPSA) is 18.5 Å². The molecule has 0 spiro atoms. The highest BCUT2D eigenvalue weighted by Gasteiger charge is 2.15. The summed E-state index contributed by atoms with van der Waals surface area (Å²) in [5.74, 6) is 0. The fourth-order valence-corrected chi connectivity index (χ4v) is 2.25. The summed E-state index contributed by atoms with van der Waals surface area (Å²) in [7, 11) is 0. The van der Waals surface area contributed by atoms with E-state index in [1.54, 1.807) is 0 Å². The molecule has 0 N–H and O–H groups in total. The molecule has 1 heterocycles. The SMILES string of the molecule is c1ccc2cc(CCC3OCCO3)ccc2c1. The largest absolute Gasteiger partial charge is 0.350 e. The van der Waals surface area contributed by atoms with Gasteiger partial charge in [0.25, 0.3) is 0 Å². The Morgan fingerprint density at radius 2 is 1.71 bits per heavy atom. The molecule has 88 valence electrons. The average molecular weight is 228 g/mol. The van der Waals surface area contributed by atoms with Gasteiger partial charge in [-0.15, -0.1) is 0 Å². The van der Waals surface area contributed by atoms with Gasteiger partial charge in [0.05, 0.1) is 13.2 Å². The minimum atomic E-state index is 0.00136. The Labute approximate surface area is 101 Å². The van der Waals surface area contributed by atoms with Crippen LogP contribution in [0.1, 0.15) is 12.0 Å². The van der Waals surface area contributed by atoms with E-state index in [-0.39, 0.29) is 6.29 Å². The molecule has 0 bridgehead atoms. The van der Waals surface area contributed by atoms with Gasteiger partial charge >= 0.3 is 0 Å². The van der Waals surface area contributed by atoms with Crippen molar-refractivity contribution in [2.24, 2.45) is 0 Å². The quantitative estimate of drug-likeness (QED) is 0.803. The molecule has 2 aromatic carbocycles. The summed E-state index contributed by atoms with van der Waals surface area (Å²) >= 11 is 0. The van der Waals surface area contributed by atoms with Gasteiger partial charge in [-0.25, -0.2) is 0 Å². The van der Waals surface area contributed by atoms with Gasteiger partial charge in [0.15, 0.2) is 6.29 Å². The Balaban J connectivity index is 1.72. The number of hydrogen-bond donors (Lipinski definition) is 0. The molecule has 1 fully saturated rings. The van der Waals surface area contributed by atoms with Crippen molar-refractivity contribution >= 4 is 10.8 Å². The van der Waals surface area contributed by atoms with Gasteiger partial charge in [0, 0.05) is 6.42 Å². The molecule has 0 aromatic heterocycles. The summed E-state index contributed by atoms with van der Waals surface area (Å²) in [5, 5.41) is 2.60. The van der Waals surface area contributed by atoms with Gasteiger partial charge in [0.2, 0.25) is 0 Å². The Bertz CT molecular complexity index is 501. The third-order valence-electron chi connectivity index (χ3n) is 3.17. The van der Waals surface area contributed by atoms with Crippen LogP contribution in [0.5, 0.6) is 0 Å². The van der Waals surface area contributed by atoms with E-state index in [1.165, 1.54) is 16.3 Å². The molecule has 2 heteroatoms. The summed E-state index contributed by atoms with van der Waals surface area (Å²) in [6, 6.07) is 15.1. The molecule has 1 aliphatic heterocycles. The number of rotatable bonds is 3. The van der Waals surface area contributed by atoms with Crippen molar-refractivity contribution in [3.8, 4) is 0 Å². The van der Waals surface area contributed by atoms with Crippen LogP contribution in [0, 0.1) is 0 Å². The van der Waals surface area contributed by atoms with E-state index in [0.717, 1.165) is 26.1 Å². The van der Waals surface area contributed by atoms with E-state index in [4.69, 9.17) is 9.47 Å². The first kappa shape index (κ1) is 10.8. The molecule has 0 radical (unpaired) electrons. The van der Waals surface area contributed by atoms with Crippen molar-refractivity contribution in [2.45, 2.75) is 19.1 Å². The van der Waals surface area contributed by atoms with Crippen LogP contribution in [0.25, 0.3) is 10.8 Å². The molecule has 3 rings (SSSR count). The number of aryl methyl sites for hydroxylation is 1. The first-order chi connectivity index (χ1) is 8.42. The van der Waals surface area contributed by atoms with Crippen LogP contribution in [-0.4, -0.2) is 19.5 Å². The smallest absolute Gasteiger partial charge is 0.158 e. The predicted molar refractivity (Wildman–Crippen MR) is 68.0 cm³/mol. The van der Waals surface area contributed by atoms with E-state index >= 15 is 0 Å². The van der Waals surface area contributed by atoms with Crippen molar-refractivity contribution < 1.29 is 9.47 Å². The van der Waals surface area contributed by atoms with E-state index in [2.05, 4.69) is 42.5 Å². The van der Waals surface area contributed by atoms with Crippen molar-refractivity contribution in [2.75, 3.05) is 13.2 Å². The lowest BCUT2D eigenvalue weighted by Gasteiger charge is -2.09. The van der Waals surface area contributed by atoms with Gasteiger partial charge in [-0.2, -0.15) is 0 Å². The zero-order chi connectivity index (χ0) is 11.5. The van der Waals surface area contributed by atoms with Crippen LogP contribution in [0.2, 0.25) is 0 Å². The van der Waals surface area contributed by atoms with E-state index in [9.17, 15) is 0 Å². The summed E-state index contributed by atoms with van der Waals surface area (Å²) in [5.41, 5.74) is 1.35. The van der Waals surface area contributed by atoms with Crippen molar-refractivity contribution in [3.63, 3.8) is 0 Å². The Morgan fingerprint density at radius 3 is 2.53 bits per heavy atom. The minimum Gasteiger partial charge on any atom is -0.350 e. The highest BCUT2D eigenvalue weighted by molar-refractivity contribution is 5.82. The van der Waals surface area contributed by atoms with Gasteiger partial charge in [0.1, 0.15) is 0 Å². The lowest BCUT2D eigenvalue weighted by Crippen LogP contribution is -2.08. The maximum absolute atomic E-state index is 5.44. The number of ether oxygens (including phenoxy) is 2. The third kappa shape index (κ3) is 2.48. The molecule has 0 saturated carbocycles. The molecule has 0 aliphatic carbocycles. The number of fused-ring (bicyclic) bond motifs is 1. The molecule has 0 atom stereocenters. The number of hydrogen-bond acceptors (Lipinski definition) is 2. The molecular weight excluding hydrogens is 212 g/mol. The zero-order valence-corrected chi connectivity index (χ0v) is 9.76. The second kappa shape index (κ2) is 4.86. The van der Waals surface area contributed by atoms with E-state index in [1.807, 2.05) is 0 Å². The Morgan fingerprint density at radius 1 is 0.941 bits per heavy atom. The van der Waals surface area contributed by atoms with Crippen LogP contribution in [-0.2, 0) is 15.9 Å². The van der Waals surface area contributed by atoms with Gasteiger partial charge in [-0.3, -0.25) is 0 Å². The van der Waals surface area contributed by atoms with Crippen molar-refractivity contribution in [3.05, 3.63) is 48.0 Å². The summed E-state index contributed by atoms with van der Waals surface area (Å²) in [6.07, 6.45) is 1.95. The van der Waals surface area contributed by atoms with E-state index in [0.29, 0.717) is 0 Å². The monoisotopic (exact) mass is 228 g/mol. The van der Waals surface area contributed by atoms with Gasteiger partial charge in [-0.1, -0.05) is 42.5 Å². The fraction of sp³-hybridized carbons (Fsp3) is 0.333. The third-order valence-corrected chi connectivity index (χ3v) is 3.17. The summed E-state index contributed by atoms with van der Waals surface area (Å²) in [6.45, 7) is 1.48. The predicted octanol–water partition coefficient (Wildman–Crippen LogP) is 3.15. The molecule has 2 aromatic rings. The summed E-state index contributed by atoms with van der Waals surface area (Å²) in [4.78, 5) is 0. The van der Waals surface area contributed by atoms with Gasteiger partial charge < -0.3 is 9.47 Å². The highest BCUT2D eigenvalue weighted by atomic mass is 16.7. The molecule has 2 nitrogen and oxygen atoms in total. The molecular formula is C15H16O2. The Kier molecular flexibility index (Phi) is 3.08. The minimum absolute atomic E-state index is 0.00136. The second-order valence-corrected chi connectivity index (χ2v) is 4.39. The lowest BCUT2D eigenvalue weighted by atomic mass is 10.0. The highest BCUT2D eigenvalue weighted by Crippen LogP contribution is 2.18. The van der Waals surface area contributed by atoms with Crippen molar-refractivity contribution in [1.82, 2.24) is 0 Å². The molecule has 0 unspecified atom stereocenters. The lowest BCUT2D eigenvalue weighted by molar-refractivity contribution is -0.0461. The average Bonchev–Trinajstić information content (AvgIpc) is 2.89. The maximum Gasteiger partial charge on any atom is 0.158 e. The standard InChI is InChI=1S/C15H16O2/c1-2-4-14-11-12(5-7-13(14)3-1)6-8-15-16-9-10-17-15/h1-5,7,11,15H,6,8-10H2. The molecule has 1 saturated heterocycles. The second-order valence-electron chi connectivity index (χ2n) is 4.39. The van der Waals surface area contributed by atoms with E-state index < -0.39 is 0 Å². The van der Waals surface area contributed by atoms with Crippen molar-refractivity contribution in [1.29, 1.82) is 0 Å². The first-order valence-corrected chi connectivity index (χ1v) is 6.13. The van der Waals surface area contributed by atoms with Crippen LogP contribution < -0.4 is 0 Å². The van der Waals surface area contributed by atoms with Crippen LogP contribution in [0.15, 0.2) is 42.5 Å². The van der Waals surface area contributed by atoms with Crippen LogP contribution in [0.4, 0.5) is 0 Å². The van der Waals surface area contributed by atoms with Crippen LogP contribution >= 0.6 is 0 Å².